The van der Waals surface area contributed by atoms with Crippen molar-refractivity contribution in [2.75, 3.05) is 13.1 Å². The van der Waals surface area contributed by atoms with E-state index in [2.05, 4.69) is 21.2 Å². The summed E-state index contributed by atoms with van der Waals surface area (Å²) in [6, 6.07) is 3.38. The maximum absolute atomic E-state index is 13.8. The first-order chi connectivity index (χ1) is 6.70. The molecule has 0 saturated carbocycles. The molecule has 1 aliphatic heterocycles. The fourth-order valence-corrected chi connectivity index (χ4v) is 2.46. The van der Waals surface area contributed by atoms with Crippen LogP contribution in [0.1, 0.15) is 17.9 Å². The second-order valence-corrected chi connectivity index (χ2v) is 4.71. The van der Waals surface area contributed by atoms with Crippen molar-refractivity contribution in [1.82, 2.24) is 5.32 Å². The molecule has 0 amide bonds. The SMILES string of the molecule is Fc1c(Br)ccc(Cl)c1C1CCNC1. The molecular weight excluding hydrogens is 268 g/mol. The van der Waals surface area contributed by atoms with Crippen LogP contribution >= 0.6 is 27.5 Å². The first kappa shape index (κ1) is 10.4. The molecule has 1 aliphatic rings. The first-order valence-corrected chi connectivity index (χ1v) is 5.71. The molecule has 0 radical (unpaired) electrons. The Hall–Kier alpha value is -0.120. The summed E-state index contributed by atoms with van der Waals surface area (Å²) in [5.74, 6) is -0.00815. The summed E-state index contributed by atoms with van der Waals surface area (Å²) < 4.78 is 14.2. The zero-order chi connectivity index (χ0) is 10.1. The molecule has 1 aromatic rings. The Balaban J connectivity index is 2.44. The normalized spacial score (nSPS) is 21.5. The Labute approximate surface area is 95.8 Å². The van der Waals surface area contributed by atoms with Gasteiger partial charge in [-0.2, -0.15) is 0 Å². The predicted octanol–water partition coefficient (Wildman–Crippen LogP) is 3.32. The van der Waals surface area contributed by atoms with E-state index in [0.717, 1.165) is 19.5 Å². The van der Waals surface area contributed by atoms with Gasteiger partial charge in [-0.25, -0.2) is 4.39 Å². The van der Waals surface area contributed by atoms with E-state index in [1.807, 2.05) is 0 Å². The van der Waals surface area contributed by atoms with E-state index in [9.17, 15) is 4.39 Å². The minimum atomic E-state index is -0.216. The molecule has 2 rings (SSSR count). The van der Waals surface area contributed by atoms with Crippen LogP contribution in [-0.4, -0.2) is 13.1 Å². The van der Waals surface area contributed by atoms with E-state index in [0.29, 0.717) is 15.1 Å². The number of rotatable bonds is 1. The van der Waals surface area contributed by atoms with Crippen LogP contribution in [0.4, 0.5) is 4.39 Å². The molecule has 1 nitrogen and oxygen atoms in total. The van der Waals surface area contributed by atoms with Crippen LogP contribution in [0.3, 0.4) is 0 Å². The Morgan fingerprint density at radius 3 is 2.93 bits per heavy atom. The van der Waals surface area contributed by atoms with Gasteiger partial charge >= 0.3 is 0 Å². The lowest BCUT2D eigenvalue weighted by atomic mass is 9.98. The highest BCUT2D eigenvalue weighted by Crippen LogP contribution is 2.34. The van der Waals surface area contributed by atoms with Crippen molar-refractivity contribution in [3.63, 3.8) is 0 Å². The Morgan fingerprint density at radius 1 is 1.50 bits per heavy atom. The highest BCUT2D eigenvalue weighted by Gasteiger charge is 2.23. The summed E-state index contributed by atoms with van der Waals surface area (Å²) in [6.07, 6.45) is 0.951. The molecule has 0 aromatic heterocycles. The molecule has 4 heteroatoms. The number of hydrogen-bond donors (Lipinski definition) is 1. The zero-order valence-electron chi connectivity index (χ0n) is 7.49. The van der Waals surface area contributed by atoms with Crippen LogP contribution in [0.5, 0.6) is 0 Å². The highest BCUT2D eigenvalue weighted by molar-refractivity contribution is 9.10. The number of benzene rings is 1. The lowest BCUT2D eigenvalue weighted by molar-refractivity contribution is 0.582. The van der Waals surface area contributed by atoms with E-state index >= 15 is 0 Å². The van der Waals surface area contributed by atoms with Crippen molar-refractivity contribution < 1.29 is 4.39 Å². The molecule has 1 N–H and O–H groups in total. The van der Waals surface area contributed by atoms with Crippen LogP contribution in [0.15, 0.2) is 16.6 Å². The minimum Gasteiger partial charge on any atom is -0.316 e. The highest BCUT2D eigenvalue weighted by atomic mass is 79.9. The van der Waals surface area contributed by atoms with Crippen molar-refractivity contribution in [3.05, 3.63) is 33.0 Å². The van der Waals surface area contributed by atoms with Crippen LogP contribution in [0.2, 0.25) is 5.02 Å². The topological polar surface area (TPSA) is 12.0 Å². The summed E-state index contributed by atoms with van der Waals surface area (Å²) in [7, 11) is 0. The monoisotopic (exact) mass is 277 g/mol. The van der Waals surface area contributed by atoms with Crippen molar-refractivity contribution in [1.29, 1.82) is 0 Å². The standard InChI is InChI=1S/C10H10BrClFN/c11-7-1-2-8(12)9(10(7)13)6-3-4-14-5-6/h1-2,6,14H,3-5H2. The Morgan fingerprint density at radius 2 is 2.29 bits per heavy atom. The maximum Gasteiger partial charge on any atom is 0.142 e. The third kappa shape index (κ3) is 1.81. The van der Waals surface area contributed by atoms with Gasteiger partial charge in [-0.3, -0.25) is 0 Å². The average Bonchev–Trinajstić information content (AvgIpc) is 2.65. The van der Waals surface area contributed by atoms with Crippen molar-refractivity contribution in [2.45, 2.75) is 12.3 Å². The quantitative estimate of drug-likeness (QED) is 0.777. The van der Waals surface area contributed by atoms with Crippen molar-refractivity contribution in [2.24, 2.45) is 0 Å². The molecule has 1 atom stereocenters. The molecule has 1 aromatic carbocycles. The van der Waals surface area contributed by atoms with E-state index in [4.69, 9.17) is 11.6 Å². The van der Waals surface area contributed by atoms with Gasteiger partial charge in [0, 0.05) is 23.0 Å². The molecule has 14 heavy (non-hydrogen) atoms. The summed E-state index contributed by atoms with van der Waals surface area (Å²) in [4.78, 5) is 0. The van der Waals surface area contributed by atoms with Gasteiger partial charge in [-0.1, -0.05) is 11.6 Å². The van der Waals surface area contributed by atoms with Gasteiger partial charge < -0.3 is 5.32 Å². The van der Waals surface area contributed by atoms with E-state index in [1.54, 1.807) is 12.1 Å². The fraction of sp³-hybridized carbons (Fsp3) is 0.400. The molecule has 0 bridgehead atoms. The van der Waals surface area contributed by atoms with Gasteiger partial charge in [0.25, 0.3) is 0 Å². The largest absolute Gasteiger partial charge is 0.316 e. The Bertz CT molecular complexity index is 350. The molecule has 1 unspecified atom stereocenters. The van der Waals surface area contributed by atoms with E-state index in [1.165, 1.54) is 0 Å². The summed E-state index contributed by atoms with van der Waals surface area (Å²) in [5, 5.41) is 3.73. The van der Waals surface area contributed by atoms with Gasteiger partial charge in [-0.05, 0) is 41.0 Å². The summed E-state index contributed by atoms with van der Waals surface area (Å²) >= 11 is 9.17. The lowest BCUT2D eigenvalue weighted by Gasteiger charge is -2.12. The average molecular weight is 279 g/mol. The zero-order valence-corrected chi connectivity index (χ0v) is 9.83. The minimum absolute atomic E-state index is 0.208. The predicted molar refractivity (Wildman–Crippen MR) is 59.3 cm³/mol. The van der Waals surface area contributed by atoms with Crippen LogP contribution in [-0.2, 0) is 0 Å². The molecule has 1 heterocycles. The molecule has 1 fully saturated rings. The summed E-state index contributed by atoms with van der Waals surface area (Å²) in [6.45, 7) is 1.75. The van der Waals surface area contributed by atoms with Gasteiger partial charge in [0.15, 0.2) is 0 Å². The molecule has 0 aliphatic carbocycles. The third-order valence-corrected chi connectivity index (χ3v) is 3.49. The van der Waals surface area contributed by atoms with Gasteiger partial charge in [0.05, 0.1) is 4.47 Å². The number of nitrogens with one attached hydrogen (secondary N) is 1. The molecular formula is C10H10BrClFN. The third-order valence-electron chi connectivity index (χ3n) is 2.55. The molecule has 1 saturated heterocycles. The number of hydrogen-bond acceptors (Lipinski definition) is 1. The van der Waals surface area contributed by atoms with Crippen molar-refractivity contribution >= 4 is 27.5 Å². The maximum atomic E-state index is 13.8. The van der Waals surface area contributed by atoms with Gasteiger partial charge in [0.2, 0.25) is 0 Å². The molecule has 0 spiro atoms. The van der Waals surface area contributed by atoms with Crippen LogP contribution in [0, 0.1) is 5.82 Å². The van der Waals surface area contributed by atoms with E-state index < -0.39 is 0 Å². The molecule has 76 valence electrons. The summed E-state index contributed by atoms with van der Waals surface area (Å²) in [5.41, 5.74) is 0.644. The second-order valence-electron chi connectivity index (χ2n) is 3.45. The van der Waals surface area contributed by atoms with Gasteiger partial charge in [-0.15, -0.1) is 0 Å². The first-order valence-electron chi connectivity index (χ1n) is 4.54. The lowest BCUT2D eigenvalue weighted by Crippen LogP contribution is -2.09. The number of halogens is 3. The second kappa shape index (κ2) is 4.17. The smallest absolute Gasteiger partial charge is 0.142 e. The van der Waals surface area contributed by atoms with Crippen LogP contribution < -0.4 is 5.32 Å². The fourth-order valence-electron chi connectivity index (χ4n) is 1.82. The van der Waals surface area contributed by atoms with Crippen LogP contribution in [0.25, 0.3) is 0 Å². The van der Waals surface area contributed by atoms with Gasteiger partial charge in [0.1, 0.15) is 5.82 Å². The Kier molecular flexibility index (Phi) is 3.10. The van der Waals surface area contributed by atoms with Crippen molar-refractivity contribution in [3.8, 4) is 0 Å². The van der Waals surface area contributed by atoms with E-state index in [-0.39, 0.29) is 11.7 Å².